The Morgan fingerprint density at radius 1 is 1.24 bits per heavy atom. The number of anilines is 1. The summed E-state index contributed by atoms with van der Waals surface area (Å²) < 4.78 is 2.98. The molecule has 7 nitrogen and oxygen atoms in total. The summed E-state index contributed by atoms with van der Waals surface area (Å²) in [6.45, 7) is 0.421. The number of H-pyrrole nitrogens is 1. The van der Waals surface area contributed by atoms with Crippen LogP contribution in [0.25, 0.3) is 21.9 Å². The standard InChI is InChI=1S/C25H25BrN6O/c1-3-4-12-25(29-30-25)13-11-23(33)32(24-28-21-7-5-6-8-22(21)31(24)2)16-17-15-27-20-10-9-18(26)14-19(17)20/h1,5-10,14-15,27,29-30H,4,11-13,16H2,2H3. The Bertz CT molecular complexity index is 1380. The second-order valence-electron chi connectivity index (χ2n) is 8.48. The highest BCUT2D eigenvalue weighted by molar-refractivity contribution is 9.10. The number of para-hydroxylation sites is 2. The number of nitrogens with one attached hydrogen (secondary N) is 3. The molecule has 1 fully saturated rings. The van der Waals surface area contributed by atoms with Gasteiger partial charge < -0.3 is 9.55 Å². The van der Waals surface area contributed by atoms with E-state index in [1.165, 1.54) is 0 Å². The zero-order chi connectivity index (χ0) is 23.0. The largest absolute Gasteiger partial charge is 0.361 e. The molecule has 4 aromatic rings. The number of amides is 1. The van der Waals surface area contributed by atoms with Crippen LogP contribution in [0.4, 0.5) is 5.95 Å². The highest BCUT2D eigenvalue weighted by Gasteiger charge is 2.41. The van der Waals surface area contributed by atoms with Gasteiger partial charge in [-0.2, -0.15) is 0 Å². The topological polar surface area (TPSA) is 97.8 Å². The van der Waals surface area contributed by atoms with Crippen molar-refractivity contribution in [1.82, 2.24) is 25.4 Å². The Labute approximate surface area is 200 Å². The molecule has 1 saturated heterocycles. The van der Waals surface area contributed by atoms with Crippen molar-refractivity contribution in [2.24, 2.45) is 7.05 Å². The van der Waals surface area contributed by atoms with E-state index in [9.17, 15) is 4.79 Å². The van der Waals surface area contributed by atoms with E-state index in [-0.39, 0.29) is 11.6 Å². The Morgan fingerprint density at radius 3 is 2.82 bits per heavy atom. The van der Waals surface area contributed by atoms with Crippen LogP contribution in [0.15, 0.2) is 53.1 Å². The number of imidazole rings is 1. The van der Waals surface area contributed by atoms with Crippen molar-refractivity contribution >= 4 is 49.7 Å². The van der Waals surface area contributed by atoms with Gasteiger partial charge >= 0.3 is 0 Å². The number of nitrogens with zero attached hydrogens (tertiary/aromatic N) is 3. The summed E-state index contributed by atoms with van der Waals surface area (Å²) in [7, 11) is 1.95. The number of rotatable bonds is 8. The fraction of sp³-hybridized carbons (Fsp3) is 0.280. The van der Waals surface area contributed by atoms with Crippen molar-refractivity contribution in [3.05, 3.63) is 58.7 Å². The lowest BCUT2D eigenvalue weighted by atomic mass is 10.0. The second-order valence-corrected chi connectivity index (χ2v) is 9.40. The molecule has 0 unspecified atom stereocenters. The molecule has 3 N–H and O–H groups in total. The number of fused-ring (bicyclic) bond motifs is 2. The molecule has 5 rings (SSSR count). The first-order valence-electron chi connectivity index (χ1n) is 10.9. The Hall–Kier alpha value is -3.12. The van der Waals surface area contributed by atoms with Crippen LogP contribution in [0.2, 0.25) is 0 Å². The maximum Gasteiger partial charge on any atom is 0.229 e. The van der Waals surface area contributed by atoms with Crippen molar-refractivity contribution in [3.8, 4) is 12.3 Å². The van der Waals surface area contributed by atoms with Crippen LogP contribution >= 0.6 is 15.9 Å². The van der Waals surface area contributed by atoms with Crippen LogP contribution in [0.1, 0.15) is 31.2 Å². The van der Waals surface area contributed by atoms with Gasteiger partial charge in [0.2, 0.25) is 11.9 Å². The number of carbonyl (C=O) groups excluding carboxylic acids is 1. The number of aromatic amines is 1. The minimum Gasteiger partial charge on any atom is -0.361 e. The van der Waals surface area contributed by atoms with Crippen molar-refractivity contribution in [1.29, 1.82) is 0 Å². The lowest BCUT2D eigenvalue weighted by Crippen LogP contribution is -2.34. The summed E-state index contributed by atoms with van der Waals surface area (Å²) in [4.78, 5) is 23.5. The van der Waals surface area contributed by atoms with Crippen molar-refractivity contribution in [3.63, 3.8) is 0 Å². The molecule has 0 atom stereocenters. The Kier molecular flexibility index (Phi) is 5.71. The second kappa shape index (κ2) is 8.67. The van der Waals surface area contributed by atoms with Crippen LogP contribution in [0.5, 0.6) is 0 Å². The molecule has 0 bridgehead atoms. The molecule has 1 amide bonds. The fourth-order valence-corrected chi connectivity index (χ4v) is 4.66. The lowest BCUT2D eigenvalue weighted by molar-refractivity contribution is -0.119. The van der Waals surface area contributed by atoms with Crippen molar-refractivity contribution < 1.29 is 4.79 Å². The summed E-state index contributed by atoms with van der Waals surface area (Å²) >= 11 is 3.56. The maximum absolute atomic E-state index is 13.6. The average molecular weight is 505 g/mol. The van der Waals surface area contributed by atoms with Gasteiger partial charge in [-0.05, 0) is 48.7 Å². The molecule has 1 aliphatic heterocycles. The van der Waals surface area contributed by atoms with Crippen LogP contribution in [-0.4, -0.2) is 26.1 Å². The normalized spacial score (nSPS) is 14.5. The number of aromatic nitrogens is 3. The summed E-state index contributed by atoms with van der Waals surface area (Å²) in [5.41, 5.74) is 10.0. The SMILES string of the molecule is C#CCCC1(CCC(=O)N(Cc2c[nH]c3ccc(Br)cc23)c2nc3ccccc3n2C)NN1. The van der Waals surface area contributed by atoms with E-state index in [1.807, 2.05) is 54.2 Å². The molecule has 2 aromatic heterocycles. The van der Waals surface area contributed by atoms with E-state index in [4.69, 9.17) is 11.4 Å². The maximum atomic E-state index is 13.6. The highest BCUT2D eigenvalue weighted by Crippen LogP contribution is 2.29. The Balaban J connectivity index is 1.47. The molecule has 33 heavy (non-hydrogen) atoms. The molecule has 0 spiro atoms. The van der Waals surface area contributed by atoms with Crippen LogP contribution in [-0.2, 0) is 18.4 Å². The monoisotopic (exact) mass is 504 g/mol. The summed E-state index contributed by atoms with van der Waals surface area (Å²) in [6.07, 6.45) is 9.89. The smallest absolute Gasteiger partial charge is 0.229 e. The van der Waals surface area contributed by atoms with E-state index >= 15 is 0 Å². The first-order valence-corrected chi connectivity index (χ1v) is 11.7. The van der Waals surface area contributed by atoms with Gasteiger partial charge in [0.05, 0.1) is 23.2 Å². The summed E-state index contributed by atoms with van der Waals surface area (Å²) in [5.74, 6) is 3.34. The van der Waals surface area contributed by atoms with Gasteiger partial charge in [-0.3, -0.25) is 9.69 Å². The van der Waals surface area contributed by atoms with Gasteiger partial charge in [0.25, 0.3) is 0 Å². The fourth-order valence-electron chi connectivity index (χ4n) is 4.30. The lowest BCUT2D eigenvalue weighted by Gasteiger charge is -2.22. The number of carbonyl (C=O) groups is 1. The third-order valence-corrected chi connectivity index (χ3v) is 6.80. The molecular formula is C25H25BrN6O. The summed E-state index contributed by atoms with van der Waals surface area (Å²) in [6, 6.07) is 14.0. The van der Waals surface area contributed by atoms with Crippen LogP contribution in [0.3, 0.4) is 0 Å². The number of halogens is 1. The molecule has 0 aliphatic carbocycles. The Morgan fingerprint density at radius 2 is 2.06 bits per heavy atom. The number of benzene rings is 2. The number of terminal acetylenes is 1. The predicted molar refractivity (Wildman–Crippen MR) is 134 cm³/mol. The van der Waals surface area contributed by atoms with Gasteiger partial charge in [0.1, 0.15) is 0 Å². The number of hydrogen-bond acceptors (Lipinski definition) is 4. The van der Waals surface area contributed by atoms with Gasteiger partial charge in [0, 0.05) is 41.5 Å². The third-order valence-electron chi connectivity index (χ3n) is 6.30. The van der Waals surface area contributed by atoms with E-state index in [0.717, 1.165) is 38.4 Å². The molecular weight excluding hydrogens is 480 g/mol. The van der Waals surface area contributed by atoms with Gasteiger partial charge in [0.15, 0.2) is 0 Å². The van der Waals surface area contributed by atoms with Gasteiger partial charge in [-0.15, -0.1) is 12.3 Å². The van der Waals surface area contributed by atoms with Crippen molar-refractivity contribution in [2.75, 3.05) is 4.90 Å². The van der Waals surface area contributed by atoms with E-state index in [0.29, 0.717) is 31.8 Å². The molecule has 0 radical (unpaired) electrons. The molecule has 168 valence electrons. The van der Waals surface area contributed by atoms with Gasteiger partial charge in [-0.25, -0.2) is 15.8 Å². The molecule has 3 heterocycles. The minimum atomic E-state index is -0.244. The predicted octanol–water partition coefficient (Wildman–Crippen LogP) is 4.35. The van der Waals surface area contributed by atoms with E-state index in [1.54, 1.807) is 4.90 Å². The average Bonchev–Trinajstić information content (AvgIpc) is 3.38. The molecule has 1 aliphatic rings. The van der Waals surface area contributed by atoms with Crippen LogP contribution < -0.4 is 15.8 Å². The molecule has 8 heteroatoms. The first kappa shape index (κ1) is 21.7. The molecule has 2 aromatic carbocycles. The van der Waals surface area contributed by atoms with E-state index < -0.39 is 0 Å². The number of hydrogen-bond donors (Lipinski definition) is 3. The summed E-state index contributed by atoms with van der Waals surface area (Å²) in [5, 5.41) is 1.08. The number of hydrazine groups is 1. The van der Waals surface area contributed by atoms with E-state index in [2.05, 4.69) is 43.8 Å². The zero-order valence-corrected chi connectivity index (χ0v) is 19.9. The van der Waals surface area contributed by atoms with Crippen LogP contribution in [0, 0.1) is 12.3 Å². The third kappa shape index (κ3) is 4.27. The quantitative estimate of drug-likeness (QED) is 0.245. The first-order chi connectivity index (χ1) is 16.0. The highest BCUT2D eigenvalue weighted by atomic mass is 79.9. The number of aryl methyl sites for hydroxylation is 1. The van der Waals surface area contributed by atoms with Gasteiger partial charge in [-0.1, -0.05) is 28.1 Å². The minimum absolute atomic E-state index is 0.0216. The molecule has 0 saturated carbocycles. The van der Waals surface area contributed by atoms with Crippen molar-refractivity contribution in [2.45, 2.75) is 37.9 Å². The zero-order valence-electron chi connectivity index (χ0n) is 18.4.